The minimum atomic E-state index is 0.406. The molecule has 1 heterocycles. The van der Waals surface area contributed by atoms with Gasteiger partial charge in [-0.05, 0) is 12.1 Å². The highest BCUT2D eigenvalue weighted by Crippen LogP contribution is 2.16. The fraction of sp³-hybridized carbons (Fsp3) is 0. The van der Waals surface area contributed by atoms with Crippen LogP contribution in [0.5, 0.6) is 5.75 Å². The van der Waals surface area contributed by atoms with Crippen molar-refractivity contribution >= 4 is 12.2 Å². The van der Waals surface area contributed by atoms with E-state index in [1.54, 1.807) is 24.5 Å². The molecule has 1 aromatic heterocycles. The zero-order valence-electron chi connectivity index (χ0n) is 7.03. The fourth-order valence-electron chi connectivity index (χ4n) is 0.915. The first-order valence-corrected chi connectivity index (χ1v) is 3.62. The van der Waals surface area contributed by atoms with Crippen molar-refractivity contribution in [1.29, 1.82) is 5.26 Å². The van der Waals surface area contributed by atoms with Crippen molar-refractivity contribution < 1.29 is 4.74 Å². The van der Waals surface area contributed by atoms with Crippen molar-refractivity contribution in [2.45, 2.75) is 0 Å². The van der Waals surface area contributed by atoms with E-state index < -0.39 is 0 Å². The van der Waals surface area contributed by atoms with E-state index in [0.29, 0.717) is 5.75 Å². The molecule has 0 spiro atoms. The molecular formula is C10H8N2O. The highest BCUT2D eigenvalue weighted by Gasteiger charge is 1.99. The van der Waals surface area contributed by atoms with Crippen LogP contribution in [0, 0.1) is 11.5 Å². The van der Waals surface area contributed by atoms with Gasteiger partial charge in [0, 0.05) is 5.56 Å². The summed E-state index contributed by atoms with van der Waals surface area (Å²) in [5, 5.41) is 8.26. The van der Waals surface area contributed by atoms with E-state index in [0.717, 1.165) is 11.3 Å². The lowest BCUT2D eigenvalue weighted by molar-refractivity contribution is 0.504. The molecule has 13 heavy (non-hydrogen) atoms. The second-order valence-electron chi connectivity index (χ2n) is 2.25. The van der Waals surface area contributed by atoms with Crippen LogP contribution in [0.2, 0.25) is 0 Å². The second kappa shape index (κ2) is 4.07. The van der Waals surface area contributed by atoms with Crippen LogP contribution in [0.1, 0.15) is 11.3 Å². The zero-order chi connectivity index (χ0) is 9.68. The first-order chi connectivity index (χ1) is 6.31. The van der Waals surface area contributed by atoms with Crippen LogP contribution < -0.4 is 4.74 Å². The van der Waals surface area contributed by atoms with Gasteiger partial charge in [-0.25, -0.2) is 0 Å². The highest BCUT2D eigenvalue weighted by atomic mass is 16.5. The molecular weight excluding hydrogens is 164 g/mol. The number of aromatic nitrogens is 1. The normalized spacial score (nSPS) is 8.54. The quantitative estimate of drug-likeness (QED) is 0.657. The van der Waals surface area contributed by atoms with E-state index in [4.69, 9.17) is 5.26 Å². The summed E-state index contributed by atoms with van der Waals surface area (Å²) in [6.45, 7) is 7.21. The molecule has 64 valence electrons. The molecule has 0 aromatic carbocycles. The number of hydrogen-bond acceptors (Lipinski definition) is 3. The largest absolute Gasteiger partial charge is 0.386 e. The fourth-order valence-corrected chi connectivity index (χ4v) is 0.915. The summed E-state index contributed by atoms with van der Waals surface area (Å²) in [5.74, 6) is 0.406. The minimum Gasteiger partial charge on any atom is -0.386 e. The van der Waals surface area contributed by atoms with Crippen molar-refractivity contribution in [2.24, 2.45) is 0 Å². The Hall–Kier alpha value is -2.08. The monoisotopic (exact) mass is 172 g/mol. The Morgan fingerprint density at radius 2 is 2.23 bits per heavy atom. The van der Waals surface area contributed by atoms with Crippen LogP contribution in [0.4, 0.5) is 0 Å². The molecule has 0 fully saturated rings. The van der Waals surface area contributed by atoms with Crippen LogP contribution >= 0.6 is 0 Å². The van der Waals surface area contributed by atoms with Crippen molar-refractivity contribution in [3.63, 3.8) is 0 Å². The Kier molecular flexibility index (Phi) is 2.82. The van der Waals surface area contributed by atoms with Gasteiger partial charge in [-0.3, -0.25) is 4.98 Å². The third-order valence-corrected chi connectivity index (χ3v) is 1.50. The maximum atomic E-state index is 8.26. The Morgan fingerprint density at radius 1 is 1.46 bits per heavy atom. The summed E-state index contributed by atoms with van der Waals surface area (Å²) in [7, 11) is 0. The van der Waals surface area contributed by atoms with Gasteiger partial charge in [-0.15, -0.1) is 5.26 Å². The second-order valence-corrected chi connectivity index (χ2v) is 2.25. The van der Waals surface area contributed by atoms with Crippen molar-refractivity contribution in [3.8, 4) is 12.0 Å². The molecule has 0 atom stereocenters. The lowest BCUT2D eigenvalue weighted by atomic mass is 10.2. The zero-order valence-corrected chi connectivity index (χ0v) is 7.03. The van der Waals surface area contributed by atoms with Gasteiger partial charge in [0.15, 0.2) is 5.75 Å². The summed E-state index contributed by atoms with van der Waals surface area (Å²) < 4.78 is 4.61. The number of nitriles is 1. The maximum absolute atomic E-state index is 8.26. The average molecular weight is 172 g/mol. The molecule has 3 nitrogen and oxygen atoms in total. The first-order valence-electron chi connectivity index (χ1n) is 3.62. The summed E-state index contributed by atoms with van der Waals surface area (Å²) in [6.07, 6.45) is 6.29. The molecule has 0 N–H and O–H groups in total. The predicted octanol–water partition coefficient (Wildman–Crippen LogP) is 2.23. The van der Waals surface area contributed by atoms with E-state index in [1.165, 1.54) is 6.20 Å². The van der Waals surface area contributed by atoms with Gasteiger partial charge in [0.1, 0.15) is 0 Å². The Balaban J connectivity index is 3.14. The van der Waals surface area contributed by atoms with E-state index in [2.05, 4.69) is 22.9 Å². The van der Waals surface area contributed by atoms with Crippen LogP contribution in [0.25, 0.3) is 12.2 Å². The standard InChI is InChI=1S/C10H8N2O/c1-3-8-5-9(13-7-11)6-12-10(8)4-2/h3-6H,1-2H2. The summed E-state index contributed by atoms with van der Waals surface area (Å²) >= 11 is 0. The molecule has 0 bridgehead atoms. The molecule has 0 unspecified atom stereocenters. The van der Waals surface area contributed by atoms with Gasteiger partial charge in [-0.2, -0.15) is 0 Å². The van der Waals surface area contributed by atoms with Gasteiger partial charge >= 0.3 is 0 Å². The molecule has 0 aliphatic rings. The molecule has 0 aliphatic carbocycles. The number of nitrogens with zero attached hydrogens (tertiary/aromatic N) is 2. The molecule has 0 aliphatic heterocycles. The highest BCUT2D eigenvalue weighted by molar-refractivity contribution is 5.61. The van der Waals surface area contributed by atoms with Gasteiger partial charge < -0.3 is 4.74 Å². The van der Waals surface area contributed by atoms with E-state index >= 15 is 0 Å². The lowest BCUT2D eigenvalue weighted by Crippen LogP contribution is -1.89. The number of pyridine rings is 1. The van der Waals surface area contributed by atoms with E-state index in [1.807, 2.05) is 0 Å². The molecule has 1 aromatic rings. The molecule has 0 saturated carbocycles. The van der Waals surface area contributed by atoms with Crippen LogP contribution in [0.3, 0.4) is 0 Å². The van der Waals surface area contributed by atoms with E-state index in [-0.39, 0.29) is 0 Å². The van der Waals surface area contributed by atoms with Crippen molar-refractivity contribution in [2.75, 3.05) is 0 Å². The average Bonchev–Trinajstić information content (AvgIpc) is 2.18. The summed E-state index contributed by atoms with van der Waals surface area (Å²) in [4.78, 5) is 4.02. The van der Waals surface area contributed by atoms with Crippen molar-refractivity contribution in [1.82, 2.24) is 4.98 Å². The molecule has 0 saturated heterocycles. The molecule has 3 heteroatoms. The number of ether oxygens (including phenoxy) is 1. The number of hydrogen-bond donors (Lipinski definition) is 0. The summed E-state index contributed by atoms with van der Waals surface area (Å²) in [6, 6.07) is 1.68. The van der Waals surface area contributed by atoms with Gasteiger partial charge in [0.05, 0.1) is 11.9 Å². The van der Waals surface area contributed by atoms with Gasteiger partial charge in [0.25, 0.3) is 6.26 Å². The van der Waals surface area contributed by atoms with E-state index in [9.17, 15) is 0 Å². The third kappa shape index (κ3) is 1.94. The minimum absolute atomic E-state index is 0.406. The van der Waals surface area contributed by atoms with Crippen LogP contribution in [-0.2, 0) is 0 Å². The van der Waals surface area contributed by atoms with Gasteiger partial charge in [0.2, 0.25) is 0 Å². The Labute approximate surface area is 76.6 Å². The topological polar surface area (TPSA) is 45.9 Å². The molecule has 1 rings (SSSR count). The third-order valence-electron chi connectivity index (χ3n) is 1.50. The first kappa shape index (κ1) is 9.01. The number of rotatable bonds is 3. The smallest absolute Gasteiger partial charge is 0.292 e. The van der Waals surface area contributed by atoms with Gasteiger partial charge in [-0.1, -0.05) is 19.2 Å². The van der Waals surface area contributed by atoms with Crippen LogP contribution in [-0.4, -0.2) is 4.98 Å². The van der Waals surface area contributed by atoms with Crippen LogP contribution in [0.15, 0.2) is 25.4 Å². The van der Waals surface area contributed by atoms with Crippen molar-refractivity contribution in [3.05, 3.63) is 36.7 Å². The molecule has 0 radical (unpaired) electrons. The SMILES string of the molecule is C=Cc1cc(OC#N)cnc1C=C. The Morgan fingerprint density at radius 3 is 2.77 bits per heavy atom. The lowest BCUT2D eigenvalue weighted by Gasteiger charge is -2.00. The molecule has 0 amide bonds. The Bertz CT molecular complexity index is 377. The summed E-state index contributed by atoms with van der Waals surface area (Å²) in [5.41, 5.74) is 1.52. The predicted molar refractivity (Wildman–Crippen MR) is 50.7 cm³/mol. The maximum Gasteiger partial charge on any atom is 0.292 e.